The first-order valence-corrected chi connectivity index (χ1v) is 8.38. The molecule has 0 bridgehead atoms. The maximum Gasteiger partial charge on any atom is 0.289 e. The molecule has 1 amide bonds. The number of benzene rings is 2. The van der Waals surface area contributed by atoms with Gasteiger partial charge in [-0.3, -0.25) is 9.89 Å². The molecule has 7 heteroatoms. The Kier molecular flexibility index (Phi) is 5.51. The maximum absolute atomic E-state index is 12.2. The Morgan fingerprint density at radius 1 is 1.19 bits per heavy atom. The zero-order valence-electron chi connectivity index (χ0n) is 15.4. The number of amides is 1. The molecular formula is C20H21N5O2. The number of carbonyl (C=O) groups excluding carboxylic acids is 1. The number of aromatic nitrogens is 2. The standard InChI is InChI=1S/C20H21N5O2/c1-25(2)15-10-8-14(9-11-15)13-21-24-20(26)18-12-17(22-23-18)16-6-4-5-7-19(16)27-3/h4-13H,1-3H3,(H,22,23)(H,24,26). The molecule has 0 saturated heterocycles. The molecular weight excluding hydrogens is 342 g/mol. The summed E-state index contributed by atoms with van der Waals surface area (Å²) in [7, 11) is 5.55. The van der Waals surface area contributed by atoms with Crippen LogP contribution >= 0.6 is 0 Å². The lowest BCUT2D eigenvalue weighted by molar-refractivity contribution is 0.0950. The number of methoxy groups -OCH3 is 1. The third-order valence-corrected chi connectivity index (χ3v) is 3.99. The summed E-state index contributed by atoms with van der Waals surface area (Å²) in [6.07, 6.45) is 1.59. The highest BCUT2D eigenvalue weighted by molar-refractivity contribution is 5.94. The minimum atomic E-state index is -0.371. The normalized spacial score (nSPS) is 10.8. The van der Waals surface area contributed by atoms with E-state index in [9.17, 15) is 4.79 Å². The molecule has 0 radical (unpaired) electrons. The first kappa shape index (κ1) is 18.2. The molecule has 3 aromatic rings. The Labute approximate surface area is 157 Å². The minimum Gasteiger partial charge on any atom is -0.496 e. The number of anilines is 1. The number of H-pyrrole nitrogens is 1. The Balaban J connectivity index is 1.66. The molecule has 27 heavy (non-hydrogen) atoms. The molecule has 0 saturated carbocycles. The maximum atomic E-state index is 12.2. The van der Waals surface area contributed by atoms with E-state index in [4.69, 9.17) is 4.74 Å². The summed E-state index contributed by atoms with van der Waals surface area (Å²) >= 11 is 0. The quantitative estimate of drug-likeness (QED) is 0.521. The van der Waals surface area contributed by atoms with E-state index in [-0.39, 0.29) is 5.91 Å². The highest BCUT2D eigenvalue weighted by Crippen LogP contribution is 2.28. The molecule has 0 atom stereocenters. The van der Waals surface area contributed by atoms with Crippen LogP contribution in [0.1, 0.15) is 16.1 Å². The Morgan fingerprint density at radius 2 is 1.93 bits per heavy atom. The third kappa shape index (κ3) is 4.33. The van der Waals surface area contributed by atoms with Gasteiger partial charge in [-0.1, -0.05) is 24.3 Å². The lowest BCUT2D eigenvalue weighted by Crippen LogP contribution is -2.18. The first-order chi connectivity index (χ1) is 13.1. The molecule has 1 heterocycles. The van der Waals surface area contributed by atoms with Gasteiger partial charge in [-0.15, -0.1) is 0 Å². The van der Waals surface area contributed by atoms with E-state index < -0.39 is 0 Å². The second-order valence-electron chi connectivity index (χ2n) is 6.05. The van der Waals surface area contributed by atoms with Gasteiger partial charge in [0.05, 0.1) is 19.0 Å². The number of carbonyl (C=O) groups is 1. The number of aromatic amines is 1. The zero-order valence-corrected chi connectivity index (χ0v) is 15.4. The lowest BCUT2D eigenvalue weighted by atomic mass is 10.1. The van der Waals surface area contributed by atoms with Crippen LogP contribution in [0.5, 0.6) is 5.75 Å². The van der Waals surface area contributed by atoms with E-state index in [0.29, 0.717) is 17.1 Å². The van der Waals surface area contributed by atoms with Crippen molar-refractivity contribution in [3.63, 3.8) is 0 Å². The van der Waals surface area contributed by atoms with E-state index in [0.717, 1.165) is 16.8 Å². The van der Waals surface area contributed by atoms with E-state index in [1.54, 1.807) is 19.4 Å². The smallest absolute Gasteiger partial charge is 0.289 e. The second kappa shape index (κ2) is 8.18. The predicted molar refractivity (Wildman–Crippen MR) is 106 cm³/mol. The number of para-hydroxylation sites is 1. The fourth-order valence-electron chi connectivity index (χ4n) is 2.52. The number of rotatable bonds is 6. The highest BCUT2D eigenvalue weighted by Gasteiger charge is 2.13. The van der Waals surface area contributed by atoms with E-state index >= 15 is 0 Å². The molecule has 0 aliphatic carbocycles. The van der Waals surface area contributed by atoms with Crippen LogP contribution < -0.4 is 15.1 Å². The van der Waals surface area contributed by atoms with Crippen molar-refractivity contribution >= 4 is 17.8 Å². The molecule has 0 fully saturated rings. The molecule has 0 unspecified atom stereocenters. The summed E-state index contributed by atoms with van der Waals surface area (Å²) in [5.74, 6) is 0.319. The molecule has 2 aromatic carbocycles. The van der Waals surface area contributed by atoms with Crippen LogP contribution in [0.15, 0.2) is 59.7 Å². The molecule has 3 rings (SSSR count). The summed E-state index contributed by atoms with van der Waals surface area (Å²) in [5, 5.41) is 10.9. The number of hydrogen-bond acceptors (Lipinski definition) is 5. The van der Waals surface area contributed by atoms with Crippen molar-refractivity contribution < 1.29 is 9.53 Å². The van der Waals surface area contributed by atoms with Crippen molar-refractivity contribution in [1.82, 2.24) is 15.6 Å². The van der Waals surface area contributed by atoms with Crippen molar-refractivity contribution in [2.75, 3.05) is 26.1 Å². The molecule has 1 aromatic heterocycles. The van der Waals surface area contributed by atoms with Gasteiger partial charge in [0.2, 0.25) is 0 Å². The fraction of sp³-hybridized carbons (Fsp3) is 0.150. The van der Waals surface area contributed by atoms with Gasteiger partial charge in [0.15, 0.2) is 0 Å². The fourth-order valence-corrected chi connectivity index (χ4v) is 2.52. The topological polar surface area (TPSA) is 82.6 Å². The Bertz CT molecular complexity index is 945. The van der Waals surface area contributed by atoms with Gasteiger partial charge in [0.1, 0.15) is 11.4 Å². The van der Waals surface area contributed by atoms with Gasteiger partial charge in [0.25, 0.3) is 5.91 Å². The first-order valence-electron chi connectivity index (χ1n) is 8.38. The van der Waals surface area contributed by atoms with Crippen LogP contribution in [0.25, 0.3) is 11.3 Å². The summed E-state index contributed by atoms with van der Waals surface area (Å²) in [6.45, 7) is 0. The summed E-state index contributed by atoms with van der Waals surface area (Å²) in [6, 6.07) is 17.0. The number of hydrogen-bond donors (Lipinski definition) is 2. The zero-order chi connectivity index (χ0) is 19.2. The van der Waals surface area contributed by atoms with Crippen molar-refractivity contribution in [2.24, 2.45) is 5.10 Å². The largest absolute Gasteiger partial charge is 0.496 e. The average molecular weight is 363 g/mol. The number of ether oxygens (including phenoxy) is 1. The summed E-state index contributed by atoms with van der Waals surface area (Å²) < 4.78 is 5.33. The van der Waals surface area contributed by atoms with E-state index in [1.807, 2.05) is 67.5 Å². The number of hydrazone groups is 1. The van der Waals surface area contributed by atoms with Crippen LogP contribution in [0, 0.1) is 0 Å². The molecule has 2 N–H and O–H groups in total. The van der Waals surface area contributed by atoms with Crippen molar-refractivity contribution in [1.29, 1.82) is 0 Å². The van der Waals surface area contributed by atoms with Crippen LogP contribution in [0.4, 0.5) is 5.69 Å². The molecule has 0 aliphatic rings. The molecule has 138 valence electrons. The number of nitrogens with one attached hydrogen (secondary N) is 2. The van der Waals surface area contributed by atoms with E-state index in [2.05, 4.69) is 20.7 Å². The predicted octanol–water partition coefficient (Wildman–Crippen LogP) is 2.92. The van der Waals surface area contributed by atoms with Gasteiger partial charge in [-0.05, 0) is 35.9 Å². The van der Waals surface area contributed by atoms with Crippen molar-refractivity contribution in [2.45, 2.75) is 0 Å². The molecule has 0 aliphatic heterocycles. The second-order valence-corrected chi connectivity index (χ2v) is 6.05. The molecule has 7 nitrogen and oxygen atoms in total. The van der Waals surface area contributed by atoms with E-state index in [1.165, 1.54) is 0 Å². The summed E-state index contributed by atoms with van der Waals surface area (Å²) in [4.78, 5) is 14.3. The number of nitrogens with zero attached hydrogens (tertiary/aromatic N) is 3. The van der Waals surface area contributed by atoms with Crippen LogP contribution in [-0.4, -0.2) is 43.5 Å². The van der Waals surface area contributed by atoms with Crippen LogP contribution in [-0.2, 0) is 0 Å². The van der Waals surface area contributed by atoms with Gasteiger partial charge in [0, 0.05) is 25.3 Å². The third-order valence-electron chi connectivity index (χ3n) is 3.99. The average Bonchev–Trinajstić information content (AvgIpc) is 3.18. The van der Waals surface area contributed by atoms with Gasteiger partial charge < -0.3 is 9.64 Å². The van der Waals surface area contributed by atoms with Crippen LogP contribution in [0.2, 0.25) is 0 Å². The van der Waals surface area contributed by atoms with Crippen LogP contribution in [0.3, 0.4) is 0 Å². The Morgan fingerprint density at radius 3 is 2.63 bits per heavy atom. The van der Waals surface area contributed by atoms with Gasteiger partial charge in [-0.25, -0.2) is 5.43 Å². The van der Waals surface area contributed by atoms with Crippen molar-refractivity contribution in [3.8, 4) is 17.0 Å². The van der Waals surface area contributed by atoms with Gasteiger partial charge >= 0.3 is 0 Å². The SMILES string of the molecule is COc1ccccc1-c1cc(C(=O)NN=Cc2ccc(N(C)C)cc2)[nH]n1. The minimum absolute atomic E-state index is 0.316. The highest BCUT2D eigenvalue weighted by atomic mass is 16.5. The molecule has 0 spiro atoms. The van der Waals surface area contributed by atoms with Crippen molar-refractivity contribution in [3.05, 3.63) is 65.9 Å². The lowest BCUT2D eigenvalue weighted by Gasteiger charge is -2.11. The van der Waals surface area contributed by atoms with Gasteiger partial charge in [-0.2, -0.15) is 10.2 Å². The summed E-state index contributed by atoms with van der Waals surface area (Å²) in [5.41, 5.74) is 6.23. The Hall–Kier alpha value is -3.61. The monoisotopic (exact) mass is 363 g/mol.